The minimum absolute atomic E-state index is 0.300. The predicted octanol–water partition coefficient (Wildman–Crippen LogP) is 3.77. The predicted molar refractivity (Wildman–Crippen MR) is 86.8 cm³/mol. The van der Waals surface area contributed by atoms with E-state index in [1.165, 1.54) is 11.1 Å². The van der Waals surface area contributed by atoms with E-state index >= 15 is 0 Å². The van der Waals surface area contributed by atoms with Gasteiger partial charge in [-0.15, -0.1) is 0 Å². The third-order valence-electron chi connectivity index (χ3n) is 3.57. The number of hydrogen-bond donors (Lipinski definition) is 1. The molecule has 0 radical (unpaired) electrons. The molecule has 0 saturated heterocycles. The van der Waals surface area contributed by atoms with E-state index in [4.69, 9.17) is 0 Å². The van der Waals surface area contributed by atoms with Crippen LogP contribution in [0.25, 0.3) is 0 Å². The maximum absolute atomic E-state index is 4.45. The fourth-order valence-corrected chi connectivity index (χ4v) is 2.75. The Morgan fingerprint density at radius 3 is 2.85 bits per heavy atom. The van der Waals surface area contributed by atoms with Crippen LogP contribution in [0, 0.1) is 6.92 Å². The van der Waals surface area contributed by atoms with Crippen LogP contribution in [0.15, 0.2) is 35.1 Å². The van der Waals surface area contributed by atoms with Crippen molar-refractivity contribution in [1.82, 2.24) is 14.9 Å². The van der Waals surface area contributed by atoms with Crippen molar-refractivity contribution in [3.05, 3.63) is 52.0 Å². The lowest BCUT2D eigenvalue weighted by Gasteiger charge is -2.21. The van der Waals surface area contributed by atoms with Crippen LogP contribution in [0.1, 0.15) is 36.3 Å². The Kier molecular flexibility index (Phi) is 5.38. The Labute approximate surface area is 129 Å². The van der Waals surface area contributed by atoms with Crippen LogP contribution in [-0.2, 0) is 13.5 Å². The maximum Gasteiger partial charge on any atom is 0.110 e. The van der Waals surface area contributed by atoms with Crippen LogP contribution in [0.2, 0.25) is 0 Å². The first-order valence-corrected chi connectivity index (χ1v) is 7.86. The molecule has 1 aromatic heterocycles. The van der Waals surface area contributed by atoms with Crippen LogP contribution in [0.3, 0.4) is 0 Å². The Morgan fingerprint density at radius 2 is 2.20 bits per heavy atom. The minimum atomic E-state index is 0.300. The highest BCUT2D eigenvalue weighted by molar-refractivity contribution is 9.10. The molecule has 0 bridgehead atoms. The van der Waals surface area contributed by atoms with E-state index in [-0.39, 0.29) is 0 Å². The van der Waals surface area contributed by atoms with Gasteiger partial charge >= 0.3 is 0 Å². The van der Waals surface area contributed by atoms with Crippen LogP contribution in [0.5, 0.6) is 0 Å². The largest absolute Gasteiger partial charge is 0.338 e. The first-order chi connectivity index (χ1) is 9.61. The second-order valence-electron chi connectivity index (χ2n) is 5.17. The van der Waals surface area contributed by atoms with Crippen molar-refractivity contribution >= 4 is 15.9 Å². The average molecular weight is 336 g/mol. The molecule has 0 aliphatic rings. The minimum Gasteiger partial charge on any atom is -0.338 e. The highest BCUT2D eigenvalue weighted by Crippen LogP contribution is 2.24. The molecule has 2 aromatic rings. The molecule has 0 amide bonds. The van der Waals surface area contributed by atoms with Crippen molar-refractivity contribution in [2.75, 3.05) is 6.54 Å². The zero-order valence-electron chi connectivity index (χ0n) is 12.4. The van der Waals surface area contributed by atoms with Crippen molar-refractivity contribution in [3.63, 3.8) is 0 Å². The smallest absolute Gasteiger partial charge is 0.110 e. The monoisotopic (exact) mass is 335 g/mol. The van der Waals surface area contributed by atoms with Gasteiger partial charge in [-0.1, -0.05) is 28.9 Å². The van der Waals surface area contributed by atoms with Gasteiger partial charge in [-0.05, 0) is 43.1 Å². The topological polar surface area (TPSA) is 29.9 Å². The molecule has 1 atom stereocenters. The van der Waals surface area contributed by atoms with Gasteiger partial charge in [0.15, 0.2) is 0 Å². The molecule has 0 saturated carbocycles. The Morgan fingerprint density at radius 1 is 1.40 bits per heavy atom. The maximum atomic E-state index is 4.45. The lowest BCUT2D eigenvalue weighted by Crippen LogP contribution is -2.25. The van der Waals surface area contributed by atoms with Crippen molar-refractivity contribution < 1.29 is 0 Å². The molecule has 3 nitrogen and oxygen atoms in total. The normalized spacial score (nSPS) is 12.6. The number of nitrogens with zero attached hydrogens (tertiary/aromatic N) is 2. The van der Waals surface area contributed by atoms with E-state index in [2.05, 4.69) is 62.8 Å². The van der Waals surface area contributed by atoms with Gasteiger partial charge in [0.25, 0.3) is 0 Å². The molecule has 2 rings (SSSR count). The van der Waals surface area contributed by atoms with Crippen molar-refractivity contribution in [1.29, 1.82) is 0 Å². The zero-order chi connectivity index (χ0) is 14.5. The van der Waals surface area contributed by atoms with Crippen LogP contribution in [-0.4, -0.2) is 16.1 Å². The van der Waals surface area contributed by atoms with Gasteiger partial charge in [0.05, 0.1) is 0 Å². The third-order valence-corrected chi connectivity index (χ3v) is 4.06. The van der Waals surface area contributed by atoms with E-state index in [1.54, 1.807) is 0 Å². The van der Waals surface area contributed by atoms with E-state index in [0.717, 1.165) is 29.7 Å². The molecule has 0 aliphatic carbocycles. The second kappa shape index (κ2) is 7.04. The molecule has 0 aliphatic heterocycles. The van der Waals surface area contributed by atoms with Crippen molar-refractivity contribution in [2.24, 2.45) is 7.05 Å². The molecule has 1 aromatic carbocycles. The summed E-state index contributed by atoms with van der Waals surface area (Å²) in [4.78, 5) is 4.45. The molecule has 1 unspecified atom stereocenters. The first-order valence-electron chi connectivity index (χ1n) is 7.07. The molecule has 1 N–H and O–H groups in total. The fourth-order valence-electron chi connectivity index (χ4n) is 2.37. The van der Waals surface area contributed by atoms with Gasteiger partial charge in [0.1, 0.15) is 5.82 Å². The van der Waals surface area contributed by atoms with Gasteiger partial charge < -0.3 is 9.88 Å². The lowest BCUT2D eigenvalue weighted by atomic mass is 9.98. The summed E-state index contributed by atoms with van der Waals surface area (Å²) in [6.45, 7) is 5.38. The van der Waals surface area contributed by atoms with E-state index in [0.29, 0.717) is 6.04 Å². The van der Waals surface area contributed by atoms with Gasteiger partial charge in [0, 0.05) is 36.4 Å². The number of rotatable bonds is 6. The molecule has 1 heterocycles. The second-order valence-corrected chi connectivity index (χ2v) is 6.08. The summed E-state index contributed by atoms with van der Waals surface area (Å²) < 4.78 is 3.22. The third kappa shape index (κ3) is 3.70. The molecular weight excluding hydrogens is 314 g/mol. The van der Waals surface area contributed by atoms with Gasteiger partial charge in [-0.2, -0.15) is 0 Å². The molecule has 108 valence electrons. The number of benzene rings is 1. The quantitative estimate of drug-likeness (QED) is 0.870. The van der Waals surface area contributed by atoms with E-state index < -0.39 is 0 Å². The average Bonchev–Trinajstić information content (AvgIpc) is 2.83. The zero-order valence-corrected chi connectivity index (χ0v) is 13.9. The number of imidazole rings is 1. The standard InChI is InChI=1S/C16H22BrN3/c1-4-7-18-15(11-16-19-8-9-20(16)3)14-10-13(17)6-5-12(14)2/h5-6,8-10,15,18H,4,7,11H2,1-3H3. The summed E-state index contributed by atoms with van der Waals surface area (Å²) in [5.74, 6) is 1.11. The number of aryl methyl sites for hydroxylation is 2. The Bertz CT molecular complexity index is 563. The number of aromatic nitrogens is 2. The van der Waals surface area contributed by atoms with E-state index in [9.17, 15) is 0 Å². The van der Waals surface area contributed by atoms with Crippen LogP contribution in [0.4, 0.5) is 0 Å². The molecule has 20 heavy (non-hydrogen) atoms. The fraction of sp³-hybridized carbons (Fsp3) is 0.438. The molecule has 0 fully saturated rings. The lowest BCUT2D eigenvalue weighted by molar-refractivity contribution is 0.510. The summed E-state index contributed by atoms with van der Waals surface area (Å²) in [6, 6.07) is 6.77. The van der Waals surface area contributed by atoms with Gasteiger partial charge in [-0.25, -0.2) is 4.98 Å². The number of hydrogen-bond acceptors (Lipinski definition) is 2. The van der Waals surface area contributed by atoms with Gasteiger partial charge in [-0.3, -0.25) is 0 Å². The first kappa shape index (κ1) is 15.3. The molecular formula is C16H22BrN3. The van der Waals surface area contributed by atoms with Crippen LogP contribution >= 0.6 is 15.9 Å². The number of nitrogens with one attached hydrogen (secondary N) is 1. The highest BCUT2D eigenvalue weighted by atomic mass is 79.9. The Hall–Kier alpha value is -1.13. The Balaban J connectivity index is 2.27. The summed E-state index contributed by atoms with van der Waals surface area (Å²) in [5, 5.41) is 3.65. The summed E-state index contributed by atoms with van der Waals surface area (Å²) in [5.41, 5.74) is 2.66. The number of halogens is 1. The van der Waals surface area contributed by atoms with Crippen LogP contribution < -0.4 is 5.32 Å². The summed E-state index contributed by atoms with van der Waals surface area (Å²) in [7, 11) is 2.05. The molecule has 4 heteroatoms. The van der Waals surface area contributed by atoms with Crippen molar-refractivity contribution in [3.8, 4) is 0 Å². The van der Waals surface area contributed by atoms with Crippen molar-refractivity contribution in [2.45, 2.75) is 32.7 Å². The highest BCUT2D eigenvalue weighted by Gasteiger charge is 2.16. The van der Waals surface area contributed by atoms with E-state index in [1.807, 2.05) is 19.4 Å². The van der Waals surface area contributed by atoms with Gasteiger partial charge in [0.2, 0.25) is 0 Å². The molecule has 0 spiro atoms. The summed E-state index contributed by atoms with van der Waals surface area (Å²) in [6.07, 6.45) is 5.89. The SMILES string of the molecule is CCCNC(Cc1nccn1C)c1cc(Br)ccc1C. The summed E-state index contributed by atoms with van der Waals surface area (Å²) >= 11 is 3.58.